The fraction of sp³-hybridized carbons (Fsp3) is 0.800. The number of primary amides is 1. The fourth-order valence-corrected chi connectivity index (χ4v) is 1.47. The van der Waals surface area contributed by atoms with Gasteiger partial charge in [0.05, 0.1) is 12.1 Å². The van der Waals surface area contributed by atoms with E-state index in [0.717, 1.165) is 13.1 Å². The molecular weight excluding hydrogens is 210 g/mol. The molecule has 3 N–H and O–H groups in total. The van der Waals surface area contributed by atoms with E-state index in [9.17, 15) is 9.59 Å². The summed E-state index contributed by atoms with van der Waals surface area (Å²) in [7, 11) is 0. The predicted octanol–water partition coefficient (Wildman–Crippen LogP) is -1.30. The van der Waals surface area contributed by atoms with Gasteiger partial charge in [-0.2, -0.15) is 0 Å². The van der Waals surface area contributed by atoms with Crippen molar-refractivity contribution < 1.29 is 14.3 Å². The highest BCUT2D eigenvalue weighted by molar-refractivity contribution is 5.84. The summed E-state index contributed by atoms with van der Waals surface area (Å²) in [6, 6.07) is 0. The van der Waals surface area contributed by atoms with E-state index in [0.29, 0.717) is 6.54 Å². The number of rotatable bonds is 6. The van der Waals surface area contributed by atoms with Crippen molar-refractivity contribution in [3.8, 4) is 0 Å². The first-order chi connectivity index (χ1) is 7.47. The van der Waals surface area contributed by atoms with Crippen molar-refractivity contribution in [1.29, 1.82) is 0 Å². The Labute approximate surface area is 95.1 Å². The molecule has 1 aliphatic heterocycles. The van der Waals surface area contributed by atoms with E-state index < -0.39 is 5.91 Å². The van der Waals surface area contributed by atoms with Crippen molar-refractivity contribution in [3.05, 3.63) is 0 Å². The summed E-state index contributed by atoms with van der Waals surface area (Å²) >= 11 is 0. The summed E-state index contributed by atoms with van der Waals surface area (Å²) in [6.07, 6.45) is 0. The lowest BCUT2D eigenvalue weighted by atomic mass is 10.0. The van der Waals surface area contributed by atoms with E-state index in [1.54, 1.807) is 6.92 Å². The number of nitrogens with one attached hydrogen (secondary N) is 1. The lowest BCUT2D eigenvalue weighted by Gasteiger charge is -2.39. The summed E-state index contributed by atoms with van der Waals surface area (Å²) in [5, 5.41) is 3.08. The van der Waals surface area contributed by atoms with Gasteiger partial charge >= 0.3 is 0 Å². The molecular formula is C10H19N3O3. The van der Waals surface area contributed by atoms with Crippen LogP contribution in [0.15, 0.2) is 0 Å². The number of carbonyl (C=O) groups is 2. The summed E-state index contributed by atoms with van der Waals surface area (Å²) in [5.41, 5.74) is 4.79. The SMILES string of the molecule is CCN(CC(N)=O)C(=O)COC1(C)CNC1. The number of nitrogens with zero attached hydrogens (tertiary/aromatic N) is 1. The molecule has 0 aliphatic carbocycles. The molecule has 6 nitrogen and oxygen atoms in total. The molecule has 1 fully saturated rings. The molecule has 6 heteroatoms. The van der Waals surface area contributed by atoms with Crippen LogP contribution >= 0.6 is 0 Å². The molecule has 2 amide bonds. The average molecular weight is 229 g/mol. The van der Waals surface area contributed by atoms with E-state index >= 15 is 0 Å². The minimum Gasteiger partial charge on any atom is -0.368 e. The van der Waals surface area contributed by atoms with E-state index in [-0.39, 0.29) is 24.7 Å². The first-order valence-electron chi connectivity index (χ1n) is 5.37. The van der Waals surface area contributed by atoms with Gasteiger partial charge in [-0.25, -0.2) is 0 Å². The number of carbonyl (C=O) groups excluding carboxylic acids is 2. The highest BCUT2D eigenvalue weighted by Gasteiger charge is 2.33. The largest absolute Gasteiger partial charge is 0.368 e. The Morgan fingerprint density at radius 3 is 2.50 bits per heavy atom. The average Bonchev–Trinajstić information content (AvgIpc) is 2.19. The number of ether oxygens (including phenoxy) is 1. The molecule has 0 spiro atoms. The van der Waals surface area contributed by atoms with Crippen molar-refractivity contribution in [2.45, 2.75) is 19.4 Å². The Morgan fingerprint density at radius 2 is 2.12 bits per heavy atom. The fourth-order valence-electron chi connectivity index (χ4n) is 1.47. The number of hydrogen-bond acceptors (Lipinski definition) is 4. The minimum atomic E-state index is -0.508. The highest BCUT2D eigenvalue weighted by Crippen LogP contribution is 2.14. The molecule has 0 aromatic heterocycles. The monoisotopic (exact) mass is 229 g/mol. The first-order valence-corrected chi connectivity index (χ1v) is 5.37. The molecule has 0 bridgehead atoms. The van der Waals surface area contributed by atoms with Crippen LogP contribution in [0.4, 0.5) is 0 Å². The van der Waals surface area contributed by atoms with Crippen LogP contribution in [0.2, 0.25) is 0 Å². The van der Waals surface area contributed by atoms with Gasteiger partial charge in [0.15, 0.2) is 0 Å². The first kappa shape index (κ1) is 12.9. The van der Waals surface area contributed by atoms with E-state index in [1.807, 2.05) is 6.92 Å². The predicted molar refractivity (Wildman–Crippen MR) is 58.7 cm³/mol. The maximum atomic E-state index is 11.7. The van der Waals surface area contributed by atoms with Gasteiger partial charge in [0.1, 0.15) is 6.61 Å². The number of amides is 2. The van der Waals surface area contributed by atoms with Crippen molar-refractivity contribution in [1.82, 2.24) is 10.2 Å². The van der Waals surface area contributed by atoms with Gasteiger partial charge in [0.2, 0.25) is 11.8 Å². The molecule has 1 saturated heterocycles. The van der Waals surface area contributed by atoms with Gasteiger partial charge in [-0.1, -0.05) is 0 Å². The van der Waals surface area contributed by atoms with Crippen LogP contribution in [0.3, 0.4) is 0 Å². The van der Waals surface area contributed by atoms with E-state index in [1.165, 1.54) is 4.90 Å². The smallest absolute Gasteiger partial charge is 0.249 e. The lowest BCUT2D eigenvalue weighted by Crippen LogP contribution is -2.59. The third kappa shape index (κ3) is 3.46. The summed E-state index contributed by atoms with van der Waals surface area (Å²) in [4.78, 5) is 23.8. The van der Waals surface area contributed by atoms with E-state index in [4.69, 9.17) is 10.5 Å². The molecule has 0 atom stereocenters. The van der Waals surface area contributed by atoms with Gasteiger partial charge in [0, 0.05) is 19.6 Å². The Balaban J connectivity index is 2.34. The molecule has 16 heavy (non-hydrogen) atoms. The summed E-state index contributed by atoms with van der Waals surface area (Å²) in [6.45, 7) is 5.66. The third-order valence-electron chi connectivity index (χ3n) is 2.62. The molecule has 0 aromatic rings. The van der Waals surface area contributed by atoms with Gasteiger partial charge in [-0.05, 0) is 13.8 Å². The maximum absolute atomic E-state index is 11.7. The molecule has 0 saturated carbocycles. The molecule has 1 heterocycles. The van der Waals surface area contributed by atoms with Crippen LogP contribution in [0.25, 0.3) is 0 Å². The second-order valence-corrected chi connectivity index (χ2v) is 4.22. The van der Waals surface area contributed by atoms with Crippen LogP contribution in [-0.2, 0) is 14.3 Å². The normalized spacial score (nSPS) is 17.6. The van der Waals surface area contributed by atoms with Crippen LogP contribution < -0.4 is 11.1 Å². The van der Waals surface area contributed by atoms with Crippen molar-refractivity contribution in [2.75, 3.05) is 32.8 Å². The van der Waals surface area contributed by atoms with Gasteiger partial charge in [-0.15, -0.1) is 0 Å². The topological polar surface area (TPSA) is 84.7 Å². The van der Waals surface area contributed by atoms with Gasteiger partial charge in [0.25, 0.3) is 0 Å². The second kappa shape index (κ2) is 5.27. The Bertz CT molecular complexity index is 276. The zero-order valence-electron chi connectivity index (χ0n) is 9.78. The quantitative estimate of drug-likeness (QED) is 0.593. The van der Waals surface area contributed by atoms with Gasteiger partial charge in [-0.3, -0.25) is 9.59 Å². The standard InChI is InChI=1S/C10H19N3O3/c1-3-13(4-8(11)14)9(15)5-16-10(2)6-12-7-10/h12H,3-7H2,1-2H3,(H2,11,14). The van der Waals surface area contributed by atoms with Gasteiger partial charge < -0.3 is 20.7 Å². The summed E-state index contributed by atoms with van der Waals surface area (Å²) < 4.78 is 5.49. The number of likely N-dealkylation sites (N-methyl/N-ethyl adjacent to an activating group) is 1. The highest BCUT2D eigenvalue weighted by atomic mass is 16.5. The third-order valence-corrected chi connectivity index (χ3v) is 2.62. The Morgan fingerprint density at radius 1 is 1.50 bits per heavy atom. The zero-order valence-corrected chi connectivity index (χ0v) is 9.78. The molecule has 92 valence electrons. The van der Waals surface area contributed by atoms with Crippen LogP contribution in [0, 0.1) is 0 Å². The Kier molecular flexibility index (Phi) is 4.26. The molecule has 1 rings (SSSR count). The molecule has 0 aromatic carbocycles. The second-order valence-electron chi connectivity index (χ2n) is 4.22. The van der Waals surface area contributed by atoms with Crippen molar-refractivity contribution >= 4 is 11.8 Å². The lowest BCUT2D eigenvalue weighted by molar-refractivity contribution is -0.147. The number of hydrogen-bond donors (Lipinski definition) is 2. The van der Waals surface area contributed by atoms with Crippen molar-refractivity contribution in [3.63, 3.8) is 0 Å². The van der Waals surface area contributed by atoms with E-state index in [2.05, 4.69) is 5.32 Å². The maximum Gasteiger partial charge on any atom is 0.249 e. The van der Waals surface area contributed by atoms with Crippen molar-refractivity contribution in [2.24, 2.45) is 5.73 Å². The summed E-state index contributed by atoms with van der Waals surface area (Å²) in [5.74, 6) is -0.707. The van der Waals surface area contributed by atoms with Crippen LogP contribution in [0.5, 0.6) is 0 Å². The molecule has 0 radical (unpaired) electrons. The molecule has 1 aliphatic rings. The Hall–Kier alpha value is -1.14. The zero-order chi connectivity index (χ0) is 12.2. The van der Waals surface area contributed by atoms with Crippen LogP contribution in [0.1, 0.15) is 13.8 Å². The molecule has 0 unspecified atom stereocenters. The number of nitrogens with two attached hydrogens (primary N) is 1. The van der Waals surface area contributed by atoms with Crippen LogP contribution in [-0.4, -0.2) is 55.1 Å². The minimum absolute atomic E-state index is 0.000694.